The molecule has 0 spiro atoms. The molecule has 0 saturated carbocycles. The molecule has 0 aliphatic carbocycles. The summed E-state index contributed by atoms with van der Waals surface area (Å²) in [5.41, 5.74) is 0.482. The van der Waals surface area contributed by atoms with Crippen molar-refractivity contribution in [2.24, 2.45) is 0 Å². The number of benzene rings is 1. The monoisotopic (exact) mass is 314 g/mol. The first-order valence-corrected chi connectivity index (χ1v) is 6.55. The molecule has 18 heavy (non-hydrogen) atoms. The maximum atomic E-state index is 13.9. The lowest BCUT2D eigenvalue weighted by molar-refractivity contribution is -0.125. The zero-order valence-corrected chi connectivity index (χ0v) is 11.1. The molecule has 2 aliphatic heterocycles. The second-order valence-electron chi connectivity index (χ2n) is 4.37. The summed E-state index contributed by atoms with van der Waals surface area (Å²) >= 11 is 3.34. The van der Waals surface area contributed by atoms with Crippen LogP contribution in [0, 0.1) is 5.82 Å². The summed E-state index contributed by atoms with van der Waals surface area (Å²) in [7, 11) is 0. The van der Waals surface area contributed by atoms with E-state index in [2.05, 4.69) is 21.2 Å². The molecule has 2 saturated heterocycles. The predicted molar refractivity (Wildman–Crippen MR) is 66.3 cm³/mol. The second kappa shape index (κ2) is 4.60. The molecule has 2 fully saturated rings. The van der Waals surface area contributed by atoms with Crippen LogP contribution in [0.5, 0.6) is 0 Å². The highest BCUT2D eigenvalue weighted by Gasteiger charge is 2.43. The van der Waals surface area contributed by atoms with Crippen molar-refractivity contribution in [1.29, 1.82) is 0 Å². The fourth-order valence-electron chi connectivity index (χ4n) is 2.48. The molecule has 2 unspecified atom stereocenters. The van der Waals surface area contributed by atoms with E-state index in [-0.39, 0.29) is 17.8 Å². The number of nitrogens with zero attached hydrogens (tertiary/aromatic N) is 1. The molecule has 6 heteroatoms. The molecule has 1 N–H and O–H groups in total. The molecule has 2 atom stereocenters. The van der Waals surface area contributed by atoms with Gasteiger partial charge >= 0.3 is 0 Å². The number of fused-ring (bicyclic) bond motifs is 1. The Morgan fingerprint density at radius 1 is 1.50 bits per heavy atom. The van der Waals surface area contributed by atoms with Crippen LogP contribution in [0.1, 0.15) is 11.7 Å². The van der Waals surface area contributed by atoms with Gasteiger partial charge in [0.25, 0.3) is 0 Å². The Labute approximate surface area is 112 Å². The van der Waals surface area contributed by atoms with E-state index < -0.39 is 6.17 Å². The number of hydrogen-bond donors (Lipinski definition) is 1. The van der Waals surface area contributed by atoms with Crippen molar-refractivity contribution in [3.63, 3.8) is 0 Å². The van der Waals surface area contributed by atoms with Gasteiger partial charge in [0.1, 0.15) is 18.0 Å². The Kier molecular flexibility index (Phi) is 3.09. The summed E-state index contributed by atoms with van der Waals surface area (Å²) in [5, 5.41) is 2.83. The Hall–Kier alpha value is -0.980. The number of carbonyl (C=O) groups is 1. The average Bonchev–Trinajstić information content (AvgIpc) is 2.68. The topological polar surface area (TPSA) is 41.6 Å². The van der Waals surface area contributed by atoms with Gasteiger partial charge in [0.05, 0.1) is 13.2 Å². The van der Waals surface area contributed by atoms with Gasteiger partial charge in [-0.2, -0.15) is 0 Å². The molecule has 1 aromatic rings. The minimum atomic E-state index is -0.415. The molecule has 0 aromatic heterocycles. The number of amides is 1. The third kappa shape index (κ3) is 1.84. The van der Waals surface area contributed by atoms with Crippen LogP contribution in [0.15, 0.2) is 22.7 Å². The molecular formula is C12H12BrFN2O2. The molecular weight excluding hydrogens is 303 g/mol. The number of halogens is 2. The predicted octanol–water partition coefficient (Wildman–Crippen LogP) is 1.42. The number of morpholine rings is 1. The fraction of sp³-hybridized carbons (Fsp3) is 0.417. The maximum absolute atomic E-state index is 13.9. The van der Waals surface area contributed by atoms with E-state index in [1.54, 1.807) is 12.1 Å². The molecule has 1 aromatic carbocycles. The Morgan fingerprint density at radius 3 is 3.11 bits per heavy atom. The Bertz CT molecular complexity index is 477. The summed E-state index contributed by atoms with van der Waals surface area (Å²) in [6.07, 6.45) is -0.415. The summed E-state index contributed by atoms with van der Waals surface area (Å²) in [6, 6.07) is 4.50. The minimum Gasteiger partial charge on any atom is -0.378 e. The van der Waals surface area contributed by atoms with E-state index in [4.69, 9.17) is 4.74 Å². The Morgan fingerprint density at radius 2 is 2.33 bits per heavy atom. The number of nitrogens with one attached hydrogen (secondary N) is 1. The van der Waals surface area contributed by atoms with Crippen LogP contribution in [0.2, 0.25) is 0 Å². The van der Waals surface area contributed by atoms with E-state index in [1.807, 2.05) is 4.90 Å². The molecule has 4 nitrogen and oxygen atoms in total. The van der Waals surface area contributed by atoms with Crippen molar-refractivity contribution < 1.29 is 13.9 Å². The molecule has 0 radical (unpaired) electrons. The van der Waals surface area contributed by atoms with E-state index in [1.165, 1.54) is 6.07 Å². The summed E-state index contributed by atoms with van der Waals surface area (Å²) in [5.74, 6) is -0.420. The van der Waals surface area contributed by atoms with Crippen LogP contribution >= 0.6 is 15.9 Å². The third-order valence-corrected chi connectivity index (χ3v) is 4.05. The molecule has 1 amide bonds. The van der Waals surface area contributed by atoms with Gasteiger partial charge < -0.3 is 10.1 Å². The first-order valence-electron chi connectivity index (χ1n) is 5.76. The minimum absolute atomic E-state index is 0.102. The highest BCUT2D eigenvalue weighted by molar-refractivity contribution is 9.10. The highest BCUT2D eigenvalue weighted by Crippen LogP contribution is 2.33. The number of carbonyl (C=O) groups excluding carboxylic acids is 1. The van der Waals surface area contributed by atoms with Crippen LogP contribution in [0.4, 0.5) is 4.39 Å². The van der Waals surface area contributed by atoms with E-state index in [0.29, 0.717) is 29.8 Å². The number of hydrogen-bond acceptors (Lipinski definition) is 3. The summed E-state index contributed by atoms with van der Waals surface area (Å²) < 4.78 is 19.9. The molecule has 0 bridgehead atoms. The van der Waals surface area contributed by atoms with Crippen molar-refractivity contribution in [1.82, 2.24) is 10.2 Å². The third-order valence-electron chi connectivity index (χ3n) is 3.36. The standard InChI is InChI=1S/C12H12BrFN2O2/c13-7-2-1-3-8(14)10(7)11-15-12(17)9-6-18-5-4-16(9)11/h1-3,9,11H,4-6H2,(H,15,17). The van der Waals surface area contributed by atoms with Crippen molar-refractivity contribution in [2.75, 3.05) is 19.8 Å². The lowest BCUT2D eigenvalue weighted by Gasteiger charge is -2.31. The first-order chi connectivity index (χ1) is 8.68. The Balaban J connectivity index is 1.99. The second-order valence-corrected chi connectivity index (χ2v) is 5.23. The van der Waals surface area contributed by atoms with Crippen LogP contribution in [-0.4, -0.2) is 36.6 Å². The van der Waals surface area contributed by atoms with Gasteiger partial charge in [-0.1, -0.05) is 22.0 Å². The highest BCUT2D eigenvalue weighted by atomic mass is 79.9. The van der Waals surface area contributed by atoms with Crippen molar-refractivity contribution in [3.05, 3.63) is 34.1 Å². The lowest BCUT2D eigenvalue weighted by Crippen LogP contribution is -2.44. The van der Waals surface area contributed by atoms with Gasteiger partial charge in [-0.3, -0.25) is 9.69 Å². The maximum Gasteiger partial charge on any atom is 0.241 e. The van der Waals surface area contributed by atoms with Crippen molar-refractivity contribution >= 4 is 21.8 Å². The largest absolute Gasteiger partial charge is 0.378 e. The number of rotatable bonds is 1. The quantitative estimate of drug-likeness (QED) is 0.852. The van der Waals surface area contributed by atoms with Crippen LogP contribution in [0.25, 0.3) is 0 Å². The van der Waals surface area contributed by atoms with Crippen LogP contribution in [0.3, 0.4) is 0 Å². The van der Waals surface area contributed by atoms with E-state index in [0.717, 1.165) is 0 Å². The molecule has 96 valence electrons. The van der Waals surface area contributed by atoms with Gasteiger partial charge in [0, 0.05) is 16.6 Å². The van der Waals surface area contributed by atoms with Crippen LogP contribution < -0.4 is 5.32 Å². The van der Waals surface area contributed by atoms with Crippen molar-refractivity contribution in [2.45, 2.75) is 12.2 Å². The normalized spacial score (nSPS) is 28.0. The van der Waals surface area contributed by atoms with Gasteiger partial charge in [0.2, 0.25) is 5.91 Å². The zero-order chi connectivity index (χ0) is 12.7. The van der Waals surface area contributed by atoms with E-state index >= 15 is 0 Å². The smallest absolute Gasteiger partial charge is 0.241 e. The zero-order valence-electron chi connectivity index (χ0n) is 9.53. The summed E-state index contributed by atoms with van der Waals surface area (Å²) in [6.45, 7) is 1.55. The van der Waals surface area contributed by atoms with Crippen LogP contribution in [-0.2, 0) is 9.53 Å². The molecule has 2 aliphatic rings. The lowest BCUT2D eigenvalue weighted by atomic mass is 10.1. The van der Waals surface area contributed by atoms with E-state index in [9.17, 15) is 9.18 Å². The first kappa shape index (κ1) is 12.1. The SMILES string of the molecule is O=C1NC(c2c(F)cccc2Br)N2CCOCC12. The number of ether oxygens (including phenoxy) is 1. The summed E-state index contributed by atoms with van der Waals surface area (Å²) in [4.78, 5) is 13.8. The van der Waals surface area contributed by atoms with Gasteiger partial charge in [-0.15, -0.1) is 0 Å². The average molecular weight is 315 g/mol. The van der Waals surface area contributed by atoms with Gasteiger partial charge in [0.15, 0.2) is 0 Å². The molecule has 2 heterocycles. The van der Waals surface area contributed by atoms with Gasteiger partial charge in [-0.25, -0.2) is 4.39 Å². The molecule has 3 rings (SSSR count). The fourth-order valence-corrected chi connectivity index (χ4v) is 3.03. The van der Waals surface area contributed by atoms with Crippen molar-refractivity contribution in [3.8, 4) is 0 Å². The van der Waals surface area contributed by atoms with Gasteiger partial charge in [-0.05, 0) is 12.1 Å².